The van der Waals surface area contributed by atoms with Crippen molar-refractivity contribution in [3.05, 3.63) is 29.1 Å². The second-order valence-corrected chi connectivity index (χ2v) is 4.53. The highest BCUT2D eigenvalue weighted by atomic mass is 35.5. The third kappa shape index (κ3) is 2.41. The maximum absolute atomic E-state index is 9.29. The first-order valence-electron chi connectivity index (χ1n) is 4.86. The Morgan fingerprint density at radius 2 is 2.27 bits per heavy atom. The van der Waals surface area contributed by atoms with Crippen LogP contribution >= 0.6 is 11.6 Å². The molecular formula is C11H17ClN2O. The van der Waals surface area contributed by atoms with Crippen molar-refractivity contribution in [1.29, 1.82) is 0 Å². The van der Waals surface area contributed by atoms with E-state index >= 15 is 0 Å². The van der Waals surface area contributed by atoms with E-state index in [1.54, 1.807) is 10.8 Å². The van der Waals surface area contributed by atoms with Crippen molar-refractivity contribution >= 4 is 11.6 Å². The third-order valence-electron chi connectivity index (χ3n) is 2.70. The lowest BCUT2D eigenvalue weighted by Crippen LogP contribution is -2.21. The standard InChI is InChI=1S/C11H17ClN2O/c1-5-11(3,7-15)6-9-8(2)13-14(4)10(9)12/h5,15H,1,6-7H2,2-4H3. The van der Waals surface area contributed by atoms with Gasteiger partial charge in [-0.15, -0.1) is 6.58 Å². The fraction of sp³-hybridized carbons (Fsp3) is 0.545. The highest BCUT2D eigenvalue weighted by molar-refractivity contribution is 6.30. The lowest BCUT2D eigenvalue weighted by Gasteiger charge is -2.22. The Hall–Kier alpha value is -0.800. The van der Waals surface area contributed by atoms with Gasteiger partial charge in [0, 0.05) is 18.0 Å². The quantitative estimate of drug-likeness (QED) is 0.802. The van der Waals surface area contributed by atoms with Gasteiger partial charge in [0.05, 0.1) is 12.3 Å². The van der Waals surface area contributed by atoms with Gasteiger partial charge in [-0.25, -0.2) is 0 Å². The first kappa shape index (κ1) is 12.3. The molecule has 4 heteroatoms. The Morgan fingerprint density at radius 3 is 2.60 bits per heavy atom. The lowest BCUT2D eigenvalue weighted by molar-refractivity contribution is 0.184. The summed E-state index contributed by atoms with van der Waals surface area (Å²) in [6, 6.07) is 0. The smallest absolute Gasteiger partial charge is 0.130 e. The van der Waals surface area contributed by atoms with Crippen molar-refractivity contribution in [3.63, 3.8) is 0 Å². The van der Waals surface area contributed by atoms with Crippen molar-refractivity contribution in [2.45, 2.75) is 20.3 Å². The number of nitrogens with zero attached hydrogens (tertiary/aromatic N) is 2. The molecule has 1 N–H and O–H groups in total. The maximum atomic E-state index is 9.29. The molecule has 0 amide bonds. The molecule has 1 aromatic heterocycles. The summed E-state index contributed by atoms with van der Waals surface area (Å²) < 4.78 is 1.65. The van der Waals surface area contributed by atoms with Crippen molar-refractivity contribution in [1.82, 2.24) is 9.78 Å². The van der Waals surface area contributed by atoms with Gasteiger partial charge in [0.1, 0.15) is 5.15 Å². The van der Waals surface area contributed by atoms with E-state index in [4.69, 9.17) is 11.6 Å². The van der Waals surface area contributed by atoms with E-state index in [2.05, 4.69) is 11.7 Å². The zero-order chi connectivity index (χ0) is 11.6. The van der Waals surface area contributed by atoms with Gasteiger partial charge in [-0.2, -0.15) is 5.10 Å². The number of halogens is 1. The van der Waals surface area contributed by atoms with Crippen LogP contribution in [0.1, 0.15) is 18.2 Å². The normalized spacial score (nSPS) is 15.0. The molecule has 0 bridgehead atoms. The van der Waals surface area contributed by atoms with Crippen LogP contribution in [0.5, 0.6) is 0 Å². The topological polar surface area (TPSA) is 38.1 Å². The average Bonchev–Trinajstić information content (AvgIpc) is 2.45. The van der Waals surface area contributed by atoms with Gasteiger partial charge in [-0.05, 0) is 13.3 Å². The first-order valence-corrected chi connectivity index (χ1v) is 5.24. The molecule has 0 fully saturated rings. The second kappa shape index (κ2) is 4.37. The molecule has 1 aromatic rings. The van der Waals surface area contributed by atoms with Gasteiger partial charge in [0.25, 0.3) is 0 Å². The molecule has 3 nitrogen and oxygen atoms in total. The molecule has 1 unspecified atom stereocenters. The predicted molar refractivity (Wildman–Crippen MR) is 62.0 cm³/mol. The van der Waals surface area contributed by atoms with Crippen molar-refractivity contribution in [2.75, 3.05) is 6.61 Å². The molecule has 84 valence electrons. The number of aliphatic hydroxyl groups excluding tert-OH is 1. The van der Waals surface area contributed by atoms with Crippen LogP contribution in [-0.2, 0) is 13.5 Å². The molecule has 0 aliphatic rings. The van der Waals surface area contributed by atoms with Crippen LogP contribution in [0.3, 0.4) is 0 Å². The molecule has 0 aliphatic heterocycles. The SMILES string of the molecule is C=CC(C)(CO)Cc1c(C)nn(C)c1Cl. The van der Waals surface area contributed by atoms with Crippen molar-refractivity contribution in [2.24, 2.45) is 12.5 Å². The van der Waals surface area contributed by atoms with E-state index in [1.807, 2.05) is 20.9 Å². The zero-order valence-electron chi connectivity index (χ0n) is 9.42. The lowest BCUT2D eigenvalue weighted by atomic mass is 9.85. The minimum atomic E-state index is -0.336. The Balaban J connectivity index is 3.03. The van der Waals surface area contributed by atoms with E-state index in [9.17, 15) is 5.11 Å². The Kier molecular flexibility index (Phi) is 3.58. The van der Waals surface area contributed by atoms with E-state index in [0.717, 1.165) is 11.3 Å². The molecule has 0 saturated carbocycles. The minimum absolute atomic E-state index is 0.0567. The fourth-order valence-corrected chi connectivity index (χ4v) is 1.71. The minimum Gasteiger partial charge on any atom is -0.395 e. The highest BCUT2D eigenvalue weighted by Crippen LogP contribution is 2.29. The van der Waals surface area contributed by atoms with Gasteiger partial charge in [-0.1, -0.05) is 24.6 Å². The highest BCUT2D eigenvalue weighted by Gasteiger charge is 2.24. The van der Waals surface area contributed by atoms with E-state index in [-0.39, 0.29) is 12.0 Å². The summed E-state index contributed by atoms with van der Waals surface area (Å²) >= 11 is 6.12. The monoisotopic (exact) mass is 228 g/mol. The molecule has 1 heterocycles. The number of hydrogen-bond donors (Lipinski definition) is 1. The summed E-state index contributed by atoms with van der Waals surface area (Å²) in [6.45, 7) is 7.66. The molecule has 0 radical (unpaired) electrons. The Labute approximate surface area is 95.4 Å². The van der Waals surface area contributed by atoms with Crippen molar-refractivity contribution < 1.29 is 5.11 Å². The largest absolute Gasteiger partial charge is 0.395 e. The summed E-state index contributed by atoms with van der Waals surface area (Å²) in [5.74, 6) is 0. The van der Waals surface area contributed by atoms with Crippen LogP contribution in [0.25, 0.3) is 0 Å². The molecule has 0 saturated heterocycles. The molecule has 0 spiro atoms. The zero-order valence-corrected chi connectivity index (χ0v) is 10.2. The number of aliphatic hydroxyl groups is 1. The Bertz CT molecular complexity index is 373. The summed E-state index contributed by atoms with van der Waals surface area (Å²) in [5, 5.41) is 14.2. The molecule has 0 aromatic carbocycles. The van der Waals surface area contributed by atoms with Gasteiger partial charge in [0.15, 0.2) is 0 Å². The van der Waals surface area contributed by atoms with Gasteiger partial charge in [0.2, 0.25) is 0 Å². The molecule has 1 rings (SSSR count). The van der Waals surface area contributed by atoms with Crippen molar-refractivity contribution in [3.8, 4) is 0 Å². The van der Waals surface area contributed by atoms with Gasteiger partial charge >= 0.3 is 0 Å². The summed E-state index contributed by atoms with van der Waals surface area (Å²) in [7, 11) is 1.81. The van der Waals surface area contributed by atoms with E-state index in [0.29, 0.717) is 11.6 Å². The summed E-state index contributed by atoms with van der Waals surface area (Å²) in [6.07, 6.45) is 2.42. The molecule has 15 heavy (non-hydrogen) atoms. The average molecular weight is 229 g/mol. The fourth-order valence-electron chi connectivity index (χ4n) is 1.47. The van der Waals surface area contributed by atoms with Crippen LogP contribution in [-0.4, -0.2) is 21.5 Å². The molecular weight excluding hydrogens is 212 g/mol. The number of hydrogen-bond acceptors (Lipinski definition) is 2. The van der Waals surface area contributed by atoms with Gasteiger partial charge < -0.3 is 5.11 Å². The van der Waals surface area contributed by atoms with Crippen LogP contribution in [0.2, 0.25) is 5.15 Å². The number of aryl methyl sites for hydroxylation is 2. The third-order valence-corrected chi connectivity index (χ3v) is 3.18. The Morgan fingerprint density at radius 1 is 1.67 bits per heavy atom. The predicted octanol–water partition coefficient (Wildman–Crippen LogP) is 2.11. The maximum Gasteiger partial charge on any atom is 0.130 e. The van der Waals surface area contributed by atoms with Gasteiger partial charge in [-0.3, -0.25) is 4.68 Å². The van der Waals surface area contributed by atoms with E-state index < -0.39 is 0 Å². The van der Waals surface area contributed by atoms with Crippen LogP contribution in [0, 0.1) is 12.3 Å². The summed E-state index contributed by atoms with van der Waals surface area (Å²) in [4.78, 5) is 0. The van der Waals surface area contributed by atoms with E-state index in [1.165, 1.54) is 0 Å². The number of aromatic nitrogens is 2. The summed E-state index contributed by atoms with van der Waals surface area (Å²) in [5.41, 5.74) is 1.55. The second-order valence-electron chi connectivity index (χ2n) is 4.17. The first-order chi connectivity index (χ1) is 6.93. The number of rotatable bonds is 4. The molecule has 1 atom stereocenters. The van der Waals surface area contributed by atoms with Crippen LogP contribution in [0.4, 0.5) is 0 Å². The van der Waals surface area contributed by atoms with Crippen LogP contribution in [0.15, 0.2) is 12.7 Å². The molecule has 0 aliphatic carbocycles. The van der Waals surface area contributed by atoms with Crippen LogP contribution < -0.4 is 0 Å².